The third-order valence-corrected chi connectivity index (χ3v) is 2.52. The molecular weight excluding hydrogens is 172 g/mol. The lowest BCUT2D eigenvalue weighted by Crippen LogP contribution is -2.11. The van der Waals surface area contributed by atoms with E-state index in [9.17, 15) is 0 Å². The lowest BCUT2D eigenvalue weighted by atomic mass is 10.1. The molecular formula is C12H16N2. The summed E-state index contributed by atoms with van der Waals surface area (Å²) >= 11 is 0. The fourth-order valence-electron chi connectivity index (χ4n) is 1.74. The first-order valence-corrected chi connectivity index (χ1v) is 5.29. The van der Waals surface area contributed by atoms with Crippen molar-refractivity contribution < 1.29 is 0 Å². The van der Waals surface area contributed by atoms with Gasteiger partial charge in [0.1, 0.15) is 0 Å². The molecule has 0 radical (unpaired) electrons. The lowest BCUT2D eigenvalue weighted by molar-refractivity contribution is 0.721. The Morgan fingerprint density at radius 1 is 1.14 bits per heavy atom. The number of nitrogens with zero attached hydrogens (tertiary/aromatic N) is 1. The van der Waals surface area contributed by atoms with Crippen LogP contribution in [0.3, 0.4) is 0 Å². The Morgan fingerprint density at radius 3 is 2.86 bits per heavy atom. The third-order valence-electron chi connectivity index (χ3n) is 2.52. The molecule has 0 bridgehead atoms. The molecule has 0 aliphatic carbocycles. The zero-order valence-electron chi connectivity index (χ0n) is 8.37. The van der Waals surface area contributed by atoms with Crippen molar-refractivity contribution in [3.63, 3.8) is 0 Å². The average molecular weight is 188 g/mol. The Labute approximate surface area is 85.1 Å². The average Bonchev–Trinajstić information content (AvgIpc) is 2.48. The minimum absolute atomic E-state index is 1.12. The van der Waals surface area contributed by atoms with Crippen LogP contribution in [-0.4, -0.2) is 11.5 Å². The predicted octanol–water partition coefficient (Wildman–Crippen LogP) is 2.59. The summed E-state index contributed by atoms with van der Waals surface area (Å²) < 4.78 is 0. The molecule has 0 spiro atoms. The molecule has 1 fully saturated rings. The van der Waals surface area contributed by atoms with E-state index >= 15 is 0 Å². The van der Waals surface area contributed by atoms with Crippen LogP contribution in [0.1, 0.15) is 31.2 Å². The Kier molecular flexibility index (Phi) is 3.17. The molecule has 1 N–H and O–H groups in total. The molecule has 1 aromatic heterocycles. The highest BCUT2D eigenvalue weighted by molar-refractivity contribution is 5.51. The molecule has 0 amide bonds. The molecule has 0 aromatic carbocycles. The summed E-state index contributed by atoms with van der Waals surface area (Å²) in [5, 5.41) is 3.47. The van der Waals surface area contributed by atoms with Crippen molar-refractivity contribution >= 4 is 6.08 Å². The molecule has 0 unspecified atom stereocenters. The smallest absolute Gasteiger partial charge is 0.0273 e. The van der Waals surface area contributed by atoms with Gasteiger partial charge in [-0.25, -0.2) is 0 Å². The molecule has 1 aliphatic rings. The van der Waals surface area contributed by atoms with Crippen molar-refractivity contribution in [2.75, 3.05) is 6.54 Å². The first-order chi connectivity index (χ1) is 6.95. The van der Waals surface area contributed by atoms with Gasteiger partial charge in [-0.15, -0.1) is 0 Å². The predicted molar refractivity (Wildman–Crippen MR) is 58.7 cm³/mol. The summed E-state index contributed by atoms with van der Waals surface area (Å²) in [6.07, 6.45) is 11.0. The maximum absolute atomic E-state index is 4.01. The van der Waals surface area contributed by atoms with Gasteiger partial charge in [0.2, 0.25) is 0 Å². The van der Waals surface area contributed by atoms with Crippen molar-refractivity contribution in [2.24, 2.45) is 0 Å². The Hall–Kier alpha value is -1.31. The van der Waals surface area contributed by atoms with Gasteiger partial charge in [0.25, 0.3) is 0 Å². The molecule has 1 saturated heterocycles. The maximum atomic E-state index is 4.01. The van der Waals surface area contributed by atoms with Crippen LogP contribution in [0, 0.1) is 0 Å². The molecule has 1 aliphatic heterocycles. The second kappa shape index (κ2) is 4.80. The first-order valence-electron chi connectivity index (χ1n) is 5.29. The summed E-state index contributed by atoms with van der Waals surface area (Å²) in [6.45, 7) is 1.12. The number of aromatic nitrogens is 1. The van der Waals surface area contributed by atoms with Crippen LogP contribution in [0.2, 0.25) is 0 Å². The van der Waals surface area contributed by atoms with Crippen molar-refractivity contribution in [1.82, 2.24) is 10.3 Å². The lowest BCUT2D eigenvalue weighted by Gasteiger charge is -2.05. The zero-order valence-corrected chi connectivity index (χ0v) is 8.37. The number of pyridine rings is 1. The van der Waals surface area contributed by atoms with Crippen molar-refractivity contribution in [3.8, 4) is 0 Å². The second-order valence-corrected chi connectivity index (χ2v) is 3.69. The van der Waals surface area contributed by atoms with E-state index in [4.69, 9.17) is 0 Å². The summed E-state index contributed by atoms with van der Waals surface area (Å²) in [7, 11) is 0. The Balaban J connectivity index is 2.09. The quantitative estimate of drug-likeness (QED) is 0.732. The highest BCUT2D eigenvalue weighted by Gasteiger charge is 2.02. The summed E-state index contributed by atoms with van der Waals surface area (Å²) in [4.78, 5) is 4.01. The molecule has 2 heteroatoms. The third kappa shape index (κ3) is 2.59. The number of rotatable bonds is 1. The molecule has 2 rings (SSSR count). The van der Waals surface area contributed by atoms with E-state index < -0.39 is 0 Å². The number of hydrogen-bond acceptors (Lipinski definition) is 2. The van der Waals surface area contributed by atoms with E-state index in [1.807, 2.05) is 24.5 Å². The molecule has 0 saturated carbocycles. The summed E-state index contributed by atoms with van der Waals surface area (Å²) in [6, 6.07) is 4.08. The molecule has 14 heavy (non-hydrogen) atoms. The van der Waals surface area contributed by atoms with E-state index in [2.05, 4.69) is 16.4 Å². The maximum Gasteiger partial charge on any atom is 0.0273 e. The van der Waals surface area contributed by atoms with Gasteiger partial charge in [-0.1, -0.05) is 6.42 Å². The zero-order chi connectivity index (χ0) is 9.64. The second-order valence-electron chi connectivity index (χ2n) is 3.69. The highest BCUT2D eigenvalue weighted by atomic mass is 14.9. The Morgan fingerprint density at radius 2 is 2.00 bits per heavy atom. The Bertz CT molecular complexity index is 293. The van der Waals surface area contributed by atoms with Gasteiger partial charge in [0, 0.05) is 24.6 Å². The van der Waals surface area contributed by atoms with Crippen LogP contribution in [0.5, 0.6) is 0 Å². The van der Waals surface area contributed by atoms with E-state index in [1.54, 1.807) is 0 Å². The van der Waals surface area contributed by atoms with Crippen LogP contribution in [0.25, 0.3) is 6.08 Å². The van der Waals surface area contributed by atoms with Crippen LogP contribution < -0.4 is 5.32 Å². The molecule has 1 aromatic rings. The van der Waals surface area contributed by atoms with E-state index in [1.165, 1.54) is 36.9 Å². The van der Waals surface area contributed by atoms with Crippen LogP contribution in [0.4, 0.5) is 0 Å². The minimum atomic E-state index is 1.12. The van der Waals surface area contributed by atoms with Crippen LogP contribution in [0.15, 0.2) is 30.2 Å². The van der Waals surface area contributed by atoms with E-state index in [0.717, 1.165) is 6.54 Å². The van der Waals surface area contributed by atoms with E-state index in [-0.39, 0.29) is 0 Å². The normalized spacial score (nSPS) is 20.1. The topological polar surface area (TPSA) is 24.9 Å². The van der Waals surface area contributed by atoms with E-state index in [0.29, 0.717) is 0 Å². The van der Waals surface area contributed by atoms with Crippen molar-refractivity contribution in [1.29, 1.82) is 0 Å². The fourth-order valence-corrected chi connectivity index (χ4v) is 1.74. The summed E-state index contributed by atoms with van der Waals surface area (Å²) in [5.74, 6) is 0. The van der Waals surface area contributed by atoms with Crippen molar-refractivity contribution in [3.05, 3.63) is 35.8 Å². The minimum Gasteiger partial charge on any atom is -0.388 e. The van der Waals surface area contributed by atoms with Gasteiger partial charge in [-0.3, -0.25) is 4.98 Å². The standard InChI is InChI=1S/C12H16N2/c1-2-4-12(14-7-3-1)10-11-5-8-13-9-6-11/h5-6,8-10,14H,1-4,7H2/b12-10-. The summed E-state index contributed by atoms with van der Waals surface area (Å²) in [5.41, 5.74) is 2.61. The number of allylic oxidation sites excluding steroid dienone is 1. The van der Waals surface area contributed by atoms with Crippen molar-refractivity contribution in [2.45, 2.75) is 25.7 Å². The molecule has 2 heterocycles. The largest absolute Gasteiger partial charge is 0.388 e. The van der Waals surface area contributed by atoms with Crippen LogP contribution >= 0.6 is 0 Å². The van der Waals surface area contributed by atoms with Gasteiger partial charge in [0.15, 0.2) is 0 Å². The molecule has 2 nitrogen and oxygen atoms in total. The molecule has 74 valence electrons. The number of hydrogen-bond donors (Lipinski definition) is 1. The SMILES string of the molecule is C(=C1\CCCCCN1)/c1ccncc1. The highest BCUT2D eigenvalue weighted by Crippen LogP contribution is 2.14. The van der Waals surface area contributed by atoms with Crippen LogP contribution in [-0.2, 0) is 0 Å². The van der Waals surface area contributed by atoms with Gasteiger partial charge < -0.3 is 5.32 Å². The molecule has 0 atom stereocenters. The monoisotopic (exact) mass is 188 g/mol. The fraction of sp³-hybridized carbons (Fsp3) is 0.417. The van der Waals surface area contributed by atoms with Gasteiger partial charge in [-0.05, 0) is 43.0 Å². The van der Waals surface area contributed by atoms with Gasteiger partial charge in [0.05, 0.1) is 0 Å². The first kappa shape index (κ1) is 9.25. The van der Waals surface area contributed by atoms with Gasteiger partial charge >= 0.3 is 0 Å². The van der Waals surface area contributed by atoms with Gasteiger partial charge in [-0.2, -0.15) is 0 Å². The number of nitrogens with one attached hydrogen (secondary N) is 1.